The van der Waals surface area contributed by atoms with Crippen molar-refractivity contribution in [1.82, 2.24) is 0 Å². The first-order chi connectivity index (χ1) is 6.01. The van der Waals surface area contributed by atoms with Crippen LogP contribution in [0.3, 0.4) is 0 Å². The van der Waals surface area contributed by atoms with Crippen molar-refractivity contribution >= 4 is 9.84 Å². The van der Waals surface area contributed by atoms with Crippen LogP contribution in [-0.2, 0) is 9.84 Å². The van der Waals surface area contributed by atoms with Gasteiger partial charge in [-0.1, -0.05) is 6.42 Å². The molecule has 0 radical (unpaired) electrons. The molecule has 0 N–H and O–H groups in total. The Morgan fingerprint density at radius 3 is 2.23 bits per heavy atom. The summed E-state index contributed by atoms with van der Waals surface area (Å²) in [6.45, 7) is 3.61. The molecule has 0 heterocycles. The standard InChI is InChI=1S/C10H18O2S/c1-7(2)13(11,12)10-6-8-3-4-9(10)5-8/h7-10H,3-6H2,1-2H3/t8-,9+,10+/m0/s1. The van der Waals surface area contributed by atoms with Crippen molar-refractivity contribution in [3.8, 4) is 0 Å². The van der Waals surface area contributed by atoms with Crippen molar-refractivity contribution in [1.29, 1.82) is 0 Å². The summed E-state index contributed by atoms with van der Waals surface area (Å²) in [6, 6.07) is 0. The number of hydrogen-bond donors (Lipinski definition) is 0. The van der Waals surface area contributed by atoms with Gasteiger partial charge in [0.2, 0.25) is 0 Å². The molecule has 3 heteroatoms. The summed E-state index contributed by atoms with van der Waals surface area (Å²) >= 11 is 0. The molecule has 3 atom stereocenters. The van der Waals surface area contributed by atoms with E-state index in [-0.39, 0.29) is 10.5 Å². The van der Waals surface area contributed by atoms with Crippen LogP contribution in [0.2, 0.25) is 0 Å². The first-order valence-electron chi connectivity index (χ1n) is 5.24. The van der Waals surface area contributed by atoms with E-state index in [2.05, 4.69) is 0 Å². The lowest BCUT2D eigenvalue weighted by molar-refractivity contribution is 0.461. The molecule has 2 nitrogen and oxygen atoms in total. The smallest absolute Gasteiger partial charge is 0.155 e. The van der Waals surface area contributed by atoms with Crippen LogP contribution >= 0.6 is 0 Å². The Kier molecular flexibility index (Phi) is 2.17. The molecule has 76 valence electrons. The summed E-state index contributed by atoms with van der Waals surface area (Å²) < 4.78 is 23.8. The van der Waals surface area contributed by atoms with Crippen LogP contribution in [0.5, 0.6) is 0 Å². The van der Waals surface area contributed by atoms with Gasteiger partial charge in [0.1, 0.15) is 0 Å². The summed E-state index contributed by atoms with van der Waals surface area (Å²) in [5.41, 5.74) is 0. The molecule has 2 saturated carbocycles. The normalized spacial score (nSPS) is 38.8. The molecule has 2 aliphatic rings. The number of rotatable bonds is 2. The highest BCUT2D eigenvalue weighted by Gasteiger charge is 2.46. The monoisotopic (exact) mass is 202 g/mol. The zero-order chi connectivity index (χ0) is 9.64. The molecule has 0 aromatic rings. The Hall–Kier alpha value is -0.0500. The van der Waals surface area contributed by atoms with Gasteiger partial charge in [-0.3, -0.25) is 0 Å². The summed E-state index contributed by atoms with van der Waals surface area (Å²) in [6.07, 6.45) is 4.55. The Labute approximate surface area is 80.6 Å². The molecule has 0 saturated heterocycles. The second-order valence-corrected chi connectivity index (χ2v) is 7.58. The van der Waals surface area contributed by atoms with Crippen LogP contribution in [0.25, 0.3) is 0 Å². The zero-order valence-corrected chi connectivity index (χ0v) is 9.18. The Morgan fingerprint density at radius 2 is 1.85 bits per heavy atom. The average molecular weight is 202 g/mol. The molecule has 0 aromatic heterocycles. The third-order valence-electron chi connectivity index (χ3n) is 3.75. The van der Waals surface area contributed by atoms with E-state index in [1.165, 1.54) is 12.8 Å². The maximum Gasteiger partial charge on any atom is 0.155 e. The van der Waals surface area contributed by atoms with Crippen molar-refractivity contribution in [3.63, 3.8) is 0 Å². The topological polar surface area (TPSA) is 34.1 Å². The van der Waals surface area contributed by atoms with Crippen LogP contribution in [-0.4, -0.2) is 18.9 Å². The lowest BCUT2D eigenvalue weighted by Gasteiger charge is -2.23. The summed E-state index contributed by atoms with van der Waals surface area (Å²) in [4.78, 5) is 0. The van der Waals surface area contributed by atoms with Gasteiger partial charge in [0, 0.05) is 0 Å². The number of hydrogen-bond acceptors (Lipinski definition) is 2. The van der Waals surface area contributed by atoms with Gasteiger partial charge < -0.3 is 0 Å². The lowest BCUT2D eigenvalue weighted by Crippen LogP contribution is -2.32. The van der Waals surface area contributed by atoms with Crippen molar-refractivity contribution in [2.24, 2.45) is 11.8 Å². The van der Waals surface area contributed by atoms with Gasteiger partial charge in [0.05, 0.1) is 10.5 Å². The van der Waals surface area contributed by atoms with Gasteiger partial charge in [-0.25, -0.2) is 8.42 Å². The van der Waals surface area contributed by atoms with Crippen molar-refractivity contribution in [3.05, 3.63) is 0 Å². The third kappa shape index (κ3) is 1.41. The minimum absolute atomic E-state index is 0.00579. The maximum absolute atomic E-state index is 11.9. The molecule has 2 aliphatic carbocycles. The van der Waals surface area contributed by atoms with Crippen LogP contribution in [0.1, 0.15) is 39.5 Å². The van der Waals surface area contributed by atoms with Gasteiger partial charge in [-0.2, -0.15) is 0 Å². The molecular weight excluding hydrogens is 184 g/mol. The van der Waals surface area contributed by atoms with Crippen molar-refractivity contribution in [2.75, 3.05) is 0 Å². The van der Waals surface area contributed by atoms with E-state index >= 15 is 0 Å². The average Bonchev–Trinajstić information content (AvgIpc) is 2.63. The third-order valence-corrected chi connectivity index (χ3v) is 6.49. The molecule has 0 aromatic carbocycles. The van der Waals surface area contributed by atoms with E-state index in [0.29, 0.717) is 5.92 Å². The van der Waals surface area contributed by atoms with E-state index in [1.807, 2.05) is 0 Å². The molecule has 0 spiro atoms. The van der Waals surface area contributed by atoms with Crippen LogP contribution in [0, 0.1) is 11.8 Å². The molecule has 0 amide bonds. The fraction of sp³-hybridized carbons (Fsp3) is 1.00. The Balaban J connectivity index is 2.19. The number of fused-ring (bicyclic) bond motifs is 2. The van der Waals surface area contributed by atoms with E-state index in [4.69, 9.17) is 0 Å². The Morgan fingerprint density at radius 1 is 1.15 bits per heavy atom. The highest BCUT2D eigenvalue weighted by molar-refractivity contribution is 7.92. The molecule has 2 fully saturated rings. The van der Waals surface area contributed by atoms with E-state index < -0.39 is 9.84 Å². The Bertz CT molecular complexity index is 292. The number of sulfone groups is 1. The van der Waals surface area contributed by atoms with E-state index in [9.17, 15) is 8.42 Å². The van der Waals surface area contributed by atoms with E-state index in [0.717, 1.165) is 18.8 Å². The molecule has 2 bridgehead atoms. The molecule has 2 rings (SSSR count). The minimum Gasteiger partial charge on any atom is -0.228 e. The van der Waals surface area contributed by atoms with Crippen LogP contribution in [0.4, 0.5) is 0 Å². The lowest BCUT2D eigenvalue weighted by atomic mass is 10.0. The van der Waals surface area contributed by atoms with Gasteiger partial charge in [0.15, 0.2) is 9.84 Å². The molecule has 0 aliphatic heterocycles. The van der Waals surface area contributed by atoms with Gasteiger partial charge >= 0.3 is 0 Å². The van der Waals surface area contributed by atoms with Gasteiger partial charge in [0.25, 0.3) is 0 Å². The molecular formula is C10H18O2S. The second-order valence-electron chi connectivity index (χ2n) is 4.85. The van der Waals surface area contributed by atoms with Crippen molar-refractivity contribution < 1.29 is 8.42 Å². The highest BCUT2D eigenvalue weighted by atomic mass is 32.2. The summed E-state index contributed by atoms with van der Waals surface area (Å²) in [7, 11) is -2.81. The molecule has 0 unspecified atom stereocenters. The fourth-order valence-electron chi connectivity index (χ4n) is 2.94. The van der Waals surface area contributed by atoms with Gasteiger partial charge in [-0.15, -0.1) is 0 Å². The quantitative estimate of drug-likeness (QED) is 0.686. The predicted molar refractivity (Wildman–Crippen MR) is 53.3 cm³/mol. The zero-order valence-electron chi connectivity index (χ0n) is 8.36. The summed E-state index contributed by atoms with van der Waals surface area (Å²) in [5.74, 6) is 1.22. The largest absolute Gasteiger partial charge is 0.228 e. The first-order valence-corrected chi connectivity index (χ1v) is 6.85. The van der Waals surface area contributed by atoms with E-state index in [1.54, 1.807) is 13.8 Å². The maximum atomic E-state index is 11.9. The van der Waals surface area contributed by atoms with Crippen LogP contribution < -0.4 is 0 Å². The SMILES string of the molecule is CC(C)S(=O)(=O)[C@@H]1C[C@H]2CC[C@@H]1C2. The predicted octanol–water partition coefficient (Wildman–Crippen LogP) is 2.00. The first kappa shape index (κ1) is 9.50. The fourth-order valence-corrected chi connectivity index (χ4v) is 4.96. The van der Waals surface area contributed by atoms with Gasteiger partial charge in [-0.05, 0) is 44.9 Å². The second kappa shape index (κ2) is 2.97. The highest BCUT2D eigenvalue weighted by Crippen LogP contribution is 2.48. The summed E-state index contributed by atoms with van der Waals surface area (Å²) in [5, 5.41) is -0.178. The van der Waals surface area contributed by atoms with Crippen LogP contribution in [0.15, 0.2) is 0 Å². The van der Waals surface area contributed by atoms with Crippen molar-refractivity contribution in [2.45, 2.75) is 50.0 Å². The minimum atomic E-state index is -2.81. The molecule has 13 heavy (non-hydrogen) atoms.